The molecular formula is C18H21ClO7. The highest BCUT2D eigenvalue weighted by molar-refractivity contribution is 6.38. The molecule has 2 atom stereocenters. The molecule has 0 radical (unpaired) electrons. The number of ketones is 2. The van der Waals surface area contributed by atoms with Gasteiger partial charge in [0.25, 0.3) is 0 Å². The van der Waals surface area contributed by atoms with Gasteiger partial charge in [0, 0.05) is 12.5 Å². The molecule has 0 spiro atoms. The number of Topliss-reactive ketones (excluding diaryl/α,β-unsaturated/α-hetero) is 2. The Hall–Kier alpha value is -2.12. The van der Waals surface area contributed by atoms with E-state index < -0.39 is 41.2 Å². The van der Waals surface area contributed by atoms with Crippen molar-refractivity contribution in [3.05, 3.63) is 22.2 Å². The summed E-state index contributed by atoms with van der Waals surface area (Å²) in [6.07, 6.45) is -0.984. The van der Waals surface area contributed by atoms with Gasteiger partial charge in [-0.2, -0.15) is 0 Å². The van der Waals surface area contributed by atoms with Crippen LogP contribution in [-0.2, 0) is 20.7 Å². The Bertz CT molecular complexity index is 729. The molecule has 8 heteroatoms. The van der Waals surface area contributed by atoms with Crippen molar-refractivity contribution in [3.8, 4) is 11.5 Å². The van der Waals surface area contributed by atoms with Gasteiger partial charge in [0.15, 0.2) is 0 Å². The lowest BCUT2D eigenvalue weighted by molar-refractivity contribution is -0.141. The van der Waals surface area contributed by atoms with E-state index in [9.17, 15) is 29.7 Å². The van der Waals surface area contributed by atoms with Crippen LogP contribution in [0.15, 0.2) is 6.07 Å². The minimum absolute atomic E-state index is 0.0642. The van der Waals surface area contributed by atoms with Gasteiger partial charge >= 0.3 is 5.97 Å². The highest BCUT2D eigenvalue weighted by Crippen LogP contribution is 2.37. The first-order chi connectivity index (χ1) is 12.2. The average Bonchev–Trinajstić information content (AvgIpc) is 2.57. The number of aromatic hydroxyl groups is 2. The standard InChI is InChI=1S/C18H21ClO7/c1-9-4-2-6-11(20)17(24)12(21)7-3-5-10-15(18(25)26-9)13(22)8-14(23)16(10)19/h8-9,11,20,22-23H,2-7H2,1H3/t9-,11?/m0/s1. The SMILES string of the molecule is C[C@H]1CCCC(O)C(=O)C(=O)CCCc2c(Cl)c(O)cc(O)c2C(=O)O1. The van der Waals surface area contributed by atoms with Gasteiger partial charge in [-0.1, -0.05) is 11.6 Å². The molecule has 1 aliphatic heterocycles. The number of rotatable bonds is 0. The Labute approximate surface area is 155 Å². The molecule has 3 N–H and O–H groups in total. The third-order valence-electron chi connectivity index (χ3n) is 4.33. The summed E-state index contributed by atoms with van der Waals surface area (Å²) in [6.45, 7) is 1.64. The van der Waals surface area contributed by atoms with Gasteiger partial charge in [0.2, 0.25) is 11.6 Å². The van der Waals surface area contributed by atoms with Crippen molar-refractivity contribution in [3.63, 3.8) is 0 Å². The van der Waals surface area contributed by atoms with Crippen LogP contribution in [0, 0.1) is 0 Å². The Morgan fingerprint density at radius 2 is 1.77 bits per heavy atom. The van der Waals surface area contributed by atoms with Crippen molar-refractivity contribution >= 4 is 29.1 Å². The molecular weight excluding hydrogens is 364 g/mol. The predicted molar refractivity (Wildman–Crippen MR) is 92.5 cm³/mol. The first kappa shape index (κ1) is 20.2. The summed E-state index contributed by atoms with van der Waals surface area (Å²) >= 11 is 6.06. The van der Waals surface area contributed by atoms with E-state index in [0.717, 1.165) is 6.07 Å². The van der Waals surface area contributed by atoms with Crippen molar-refractivity contribution in [2.45, 2.75) is 57.7 Å². The summed E-state index contributed by atoms with van der Waals surface area (Å²) in [7, 11) is 0. The highest BCUT2D eigenvalue weighted by atomic mass is 35.5. The topological polar surface area (TPSA) is 121 Å². The number of cyclic esters (lactones) is 1. The second-order valence-electron chi connectivity index (χ2n) is 6.39. The number of carbonyl (C=O) groups is 3. The number of halogens is 1. The third kappa shape index (κ3) is 4.53. The van der Waals surface area contributed by atoms with E-state index in [0.29, 0.717) is 12.8 Å². The zero-order chi connectivity index (χ0) is 19.4. The molecule has 1 aromatic carbocycles. The molecule has 142 valence electrons. The molecule has 1 heterocycles. The summed E-state index contributed by atoms with van der Waals surface area (Å²) in [6, 6.07) is 0.960. The maximum Gasteiger partial charge on any atom is 0.342 e. The monoisotopic (exact) mass is 384 g/mol. The van der Waals surface area contributed by atoms with Crippen LogP contribution in [0.5, 0.6) is 11.5 Å². The van der Waals surface area contributed by atoms with E-state index in [1.807, 2.05) is 0 Å². The van der Waals surface area contributed by atoms with Crippen LogP contribution in [0.3, 0.4) is 0 Å². The van der Waals surface area contributed by atoms with Crippen LogP contribution in [-0.4, -0.2) is 45.1 Å². The number of ether oxygens (including phenoxy) is 1. The number of carbonyl (C=O) groups excluding carboxylic acids is 3. The van der Waals surface area contributed by atoms with Crippen molar-refractivity contribution in [1.29, 1.82) is 0 Å². The second-order valence-corrected chi connectivity index (χ2v) is 6.76. The molecule has 7 nitrogen and oxygen atoms in total. The van der Waals surface area contributed by atoms with Crippen LogP contribution in [0.25, 0.3) is 0 Å². The molecule has 1 aliphatic rings. The molecule has 0 saturated carbocycles. The summed E-state index contributed by atoms with van der Waals surface area (Å²) in [5.74, 6) is -3.19. The number of phenols is 2. The van der Waals surface area contributed by atoms with Gasteiger partial charge < -0.3 is 20.1 Å². The van der Waals surface area contributed by atoms with Gasteiger partial charge in [-0.3, -0.25) is 9.59 Å². The normalized spacial score (nSPS) is 23.1. The molecule has 1 unspecified atom stereocenters. The zero-order valence-electron chi connectivity index (χ0n) is 14.3. The average molecular weight is 385 g/mol. The van der Waals surface area contributed by atoms with Crippen LogP contribution in [0.2, 0.25) is 5.02 Å². The summed E-state index contributed by atoms with van der Waals surface area (Å²) in [5.41, 5.74) is -0.00487. The predicted octanol–water partition coefficient (Wildman–Crippen LogP) is 2.30. The quantitative estimate of drug-likeness (QED) is 0.463. The van der Waals surface area contributed by atoms with Gasteiger partial charge in [-0.05, 0) is 44.6 Å². The Kier molecular flexibility index (Phi) is 6.61. The van der Waals surface area contributed by atoms with E-state index in [2.05, 4.69) is 0 Å². The molecule has 0 fully saturated rings. The summed E-state index contributed by atoms with van der Waals surface area (Å²) in [4.78, 5) is 36.3. The smallest absolute Gasteiger partial charge is 0.342 e. The zero-order valence-corrected chi connectivity index (χ0v) is 15.1. The van der Waals surface area contributed by atoms with Crippen molar-refractivity contribution < 1.29 is 34.4 Å². The molecule has 0 saturated heterocycles. The summed E-state index contributed by atoms with van der Waals surface area (Å²) in [5, 5.41) is 29.6. The van der Waals surface area contributed by atoms with E-state index in [-0.39, 0.29) is 41.8 Å². The number of esters is 1. The van der Waals surface area contributed by atoms with E-state index >= 15 is 0 Å². The fourth-order valence-electron chi connectivity index (χ4n) is 2.91. The fraction of sp³-hybridized carbons (Fsp3) is 0.500. The first-order valence-electron chi connectivity index (χ1n) is 8.41. The second kappa shape index (κ2) is 8.51. The van der Waals surface area contributed by atoms with Crippen molar-refractivity contribution in [2.24, 2.45) is 0 Å². The van der Waals surface area contributed by atoms with E-state index in [4.69, 9.17) is 16.3 Å². The van der Waals surface area contributed by atoms with E-state index in [1.165, 1.54) is 0 Å². The lowest BCUT2D eigenvalue weighted by Crippen LogP contribution is -2.29. The number of phenolic OH excluding ortho intramolecular Hbond substituents is 2. The molecule has 1 aromatic rings. The minimum Gasteiger partial charge on any atom is -0.507 e. The molecule has 0 aliphatic carbocycles. The maximum atomic E-state index is 12.5. The van der Waals surface area contributed by atoms with Crippen LogP contribution in [0.4, 0.5) is 0 Å². The maximum absolute atomic E-state index is 12.5. The molecule has 0 amide bonds. The third-order valence-corrected chi connectivity index (χ3v) is 4.75. The number of hydrogen-bond acceptors (Lipinski definition) is 7. The first-order valence-corrected chi connectivity index (χ1v) is 8.79. The van der Waals surface area contributed by atoms with Gasteiger partial charge in [0.05, 0.1) is 11.1 Å². The number of aliphatic hydroxyl groups excluding tert-OH is 1. The minimum atomic E-state index is -1.36. The van der Waals surface area contributed by atoms with Gasteiger partial charge in [-0.25, -0.2) is 4.79 Å². The fourth-order valence-corrected chi connectivity index (χ4v) is 3.16. The van der Waals surface area contributed by atoms with Gasteiger partial charge in [-0.15, -0.1) is 0 Å². The van der Waals surface area contributed by atoms with E-state index in [1.54, 1.807) is 6.92 Å². The van der Waals surface area contributed by atoms with Crippen molar-refractivity contribution in [1.82, 2.24) is 0 Å². The largest absolute Gasteiger partial charge is 0.507 e. The lowest BCUT2D eigenvalue weighted by atomic mass is 9.96. The van der Waals surface area contributed by atoms with Crippen molar-refractivity contribution in [2.75, 3.05) is 0 Å². The molecule has 0 aromatic heterocycles. The van der Waals surface area contributed by atoms with Crippen LogP contribution >= 0.6 is 11.6 Å². The summed E-state index contributed by atoms with van der Waals surface area (Å²) < 4.78 is 5.31. The molecule has 26 heavy (non-hydrogen) atoms. The Balaban J connectivity index is 2.38. The molecule has 2 rings (SSSR count). The highest BCUT2D eigenvalue weighted by Gasteiger charge is 2.27. The lowest BCUT2D eigenvalue weighted by Gasteiger charge is -2.18. The number of aliphatic hydroxyl groups is 1. The van der Waals surface area contributed by atoms with Gasteiger partial charge in [0.1, 0.15) is 23.2 Å². The number of benzene rings is 1. The number of hydrogen-bond donors (Lipinski definition) is 3. The van der Waals surface area contributed by atoms with Crippen LogP contribution in [0.1, 0.15) is 54.9 Å². The Morgan fingerprint density at radius 1 is 1.08 bits per heavy atom. The van der Waals surface area contributed by atoms with Crippen LogP contribution < -0.4 is 0 Å². The molecule has 0 bridgehead atoms. The number of fused-ring (bicyclic) bond motifs is 1. The Morgan fingerprint density at radius 3 is 2.46 bits per heavy atom.